The maximum atomic E-state index is 12.0. The summed E-state index contributed by atoms with van der Waals surface area (Å²) < 4.78 is 1.69. The zero-order chi connectivity index (χ0) is 13.1. The van der Waals surface area contributed by atoms with Crippen LogP contribution in [0.25, 0.3) is 6.08 Å². The minimum atomic E-state index is -0.0453. The first-order valence-electron chi connectivity index (χ1n) is 6.20. The zero-order valence-corrected chi connectivity index (χ0v) is 10.8. The lowest BCUT2D eigenvalue weighted by Crippen LogP contribution is -2.38. The number of aromatic nitrogens is 2. The Labute approximate surface area is 107 Å². The Bertz CT molecular complexity index is 453. The summed E-state index contributed by atoms with van der Waals surface area (Å²) in [5.74, 6) is 0.327. The maximum absolute atomic E-state index is 12.0. The van der Waals surface area contributed by atoms with E-state index in [1.54, 1.807) is 27.9 Å². The maximum Gasteiger partial charge on any atom is 0.246 e. The summed E-state index contributed by atoms with van der Waals surface area (Å²) in [6.07, 6.45) is 7.82. The monoisotopic (exact) mass is 249 g/mol. The smallest absolute Gasteiger partial charge is 0.246 e. The van der Waals surface area contributed by atoms with Gasteiger partial charge < -0.3 is 10.0 Å². The predicted molar refractivity (Wildman–Crippen MR) is 68.6 cm³/mol. The highest BCUT2D eigenvalue weighted by molar-refractivity contribution is 5.92. The van der Waals surface area contributed by atoms with Gasteiger partial charge in [-0.2, -0.15) is 5.10 Å². The lowest BCUT2D eigenvalue weighted by atomic mass is 10.0. The Kier molecular flexibility index (Phi) is 3.81. The minimum absolute atomic E-state index is 0.0354. The summed E-state index contributed by atoms with van der Waals surface area (Å²) in [7, 11) is 1.84. The molecule has 18 heavy (non-hydrogen) atoms. The molecule has 0 aliphatic carbocycles. The molecule has 2 atom stereocenters. The standard InChI is InChI=1S/C13H19N3O2/c1-10-5-6-16(12(10)9-17)13(18)4-3-11-7-14-15(2)8-11/h3-4,7-8,10,12,17H,5-6,9H2,1-2H3/b4-3+. The van der Waals surface area contributed by atoms with Crippen LogP contribution >= 0.6 is 0 Å². The number of hydrogen-bond donors (Lipinski definition) is 1. The summed E-state index contributed by atoms with van der Waals surface area (Å²) in [6.45, 7) is 2.83. The molecule has 0 radical (unpaired) electrons. The van der Waals surface area contributed by atoms with Crippen molar-refractivity contribution in [1.82, 2.24) is 14.7 Å². The molecular weight excluding hydrogens is 230 g/mol. The van der Waals surface area contributed by atoms with Crippen molar-refractivity contribution in [3.05, 3.63) is 24.0 Å². The second-order valence-electron chi connectivity index (χ2n) is 4.83. The van der Waals surface area contributed by atoms with Crippen molar-refractivity contribution < 1.29 is 9.90 Å². The highest BCUT2D eigenvalue weighted by Gasteiger charge is 2.32. The predicted octanol–water partition coefficient (Wildman–Crippen LogP) is 0.663. The van der Waals surface area contributed by atoms with E-state index in [1.165, 1.54) is 0 Å². The van der Waals surface area contributed by atoms with E-state index < -0.39 is 0 Å². The second-order valence-corrected chi connectivity index (χ2v) is 4.83. The van der Waals surface area contributed by atoms with E-state index in [0.717, 1.165) is 18.5 Å². The Hall–Kier alpha value is -1.62. The van der Waals surface area contributed by atoms with E-state index in [2.05, 4.69) is 12.0 Å². The van der Waals surface area contributed by atoms with Crippen LogP contribution in [0, 0.1) is 5.92 Å². The molecule has 0 saturated carbocycles. The minimum Gasteiger partial charge on any atom is -0.394 e. The normalized spacial score (nSPS) is 24.1. The van der Waals surface area contributed by atoms with Crippen molar-refractivity contribution in [2.24, 2.45) is 13.0 Å². The highest BCUT2D eigenvalue weighted by Crippen LogP contribution is 2.23. The summed E-state index contributed by atoms with van der Waals surface area (Å²) >= 11 is 0. The van der Waals surface area contributed by atoms with Gasteiger partial charge in [-0.05, 0) is 18.4 Å². The molecular formula is C13H19N3O2. The van der Waals surface area contributed by atoms with Gasteiger partial charge in [0.2, 0.25) is 5.91 Å². The van der Waals surface area contributed by atoms with E-state index in [0.29, 0.717) is 5.92 Å². The van der Waals surface area contributed by atoms with E-state index in [9.17, 15) is 9.90 Å². The first-order chi connectivity index (χ1) is 8.61. The molecule has 1 aromatic heterocycles. The number of likely N-dealkylation sites (tertiary alicyclic amines) is 1. The van der Waals surface area contributed by atoms with Crippen molar-refractivity contribution >= 4 is 12.0 Å². The van der Waals surface area contributed by atoms with Crippen LogP contribution in [0.1, 0.15) is 18.9 Å². The van der Waals surface area contributed by atoms with Gasteiger partial charge in [-0.15, -0.1) is 0 Å². The molecule has 0 spiro atoms. The van der Waals surface area contributed by atoms with E-state index in [1.807, 2.05) is 13.2 Å². The second kappa shape index (κ2) is 5.35. The third-order valence-electron chi connectivity index (χ3n) is 3.50. The SMILES string of the molecule is CC1CCN(C(=O)/C=C/c2cnn(C)c2)C1CO. The summed E-state index contributed by atoms with van der Waals surface area (Å²) in [6, 6.07) is -0.0453. The van der Waals surface area contributed by atoms with Gasteiger partial charge >= 0.3 is 0 Å². The fourth-order valence-corrected chi connectivity index (χ4v) is 2.35. The van der Waals surface area contributed by atoms with Gasteiger partial charge in [0.05, 0.1) is 18.8 Å². The van der Waals surface area contributed by atoms with Gasteiger partial charge in [-0.3, -0.25) is 9.48 Å². The first kappa shape index (κ1) is 12.8. The average molecular weight is 249 g/mol. The molecule has 1 fully saturated rings. The third kappa shape index (κ3) is 2.61. The van der Waals surface area contributed by atoms with Gasteiger partial charge in [-0.25, -0.2) is 0 Å². The number of amides is 1. The van der Waals surface area contributed by atoms with Gasteiger partial charge in [0.15, 0.2) is 0 Å². The molecule has 5 heteroatoms. The molecule has 1 amide bonds. The number of carbonyl (C=O) groups is 1. The van der Waals surface area contributed by atoms with Gasteiger partial charge in [0.1, 0.15) is 0 Å². The fraction of sp³-hybridized carbons (Fsp3) is 0.538. The Morgan fingerprint density at radius 2 is 2.44 bits per heavy atom. The molecule has 0 bridgehead atoms. The summed E-state index contributed by atoms with van der Waals surface area (Å²) in [5, 5.41) is 13.3. The topological polar surface area (TPSA) is 58.4 Å². The van der Waals surface area contributed by atoms with Gasteiger partial charge in [0.25, 0.3) is 0 Å². The molecule has 2 heterocycles. The van der Waals surface area contributed by atoms with Crippen LogP contribution in [-0.2, 0) is 11.8 Å². The molecule has 1 saturated heterocycles. The van der Waals surface area contributed by atoms with Crippen molar-refractivity contribution in [1.29, 1.82) is 0 Å². The van der Waals surface area contributed by atoms with Crippen molar-refractivity contribution in [3.8, 4) is 0 Å². The lowest BCUT2D eigenvalue weighted by Gasteiger charge is -2.23. The van der Waals surface area contributed by atoms with Crippen molar-refractivity contribution in [3.63, 3.8) is 0 Å². The summed E-state index contributed by atoms with van der Waals surface area (Å²) in [4.78, 5) is 13.8. The third-order valence-corrected chi connectivity index (χ3v) is 3.50. The molecule has 0 aromatic carbocycles. The molecule has 1 aliphatic rings. The molecule has 1 aliphatic heterocycles. The number of aryl methyl sites for hydroxylation is 1. The van der Waals surface area contributed by atoms with Crippen LogP contribution in [-0.4, -0.2) is 44.9 Å². The van der Waals surface area contributed by atoms with Crippen molar-refractivity contribution in [2.75, 3.05) is 13.2 Å². The van der Waals surface area contributed by atoms with Crippen LogP contribution in [0.3, 0.4) is 0 Å². The van der Waals surface area contributed by atoms with Gasteiger partial charge in [0, 0.05) is 31.4 Å². The van der Waals surface area contributed by atoms with E-state index in [-0.39, 0.29) is 18.6 Å². The first-order valence-corrected chi connectivity index (χ1v) is 6.20. The van der Waals surface area contributed by atoms with Crippen molar-refractivity contribution in [2.45, 2.75) is 19.4 Å². The van der Waals surface area contributed by atoms with Crippen LogP contribution in [0.15, 0.2) is 18.5 Å². The zero-order valence-electron chi connectivity index (χ0n) is 10.8. The molecule has 2 unspecified atom stereocenters. The molecule has 1 N–H and O–H groups in total. The number of aliphatic hydroxyl groups excluding tert-OH is 1. The Balaban J connectivity index is 2.01. The number of hydrogen-bond acceptors (Lipinski definition) is 3. The molecule has 98 valence electrons. The Morgan fingerprint density at radius 3 is 3.06 bits per heavy atom. The molecule has 1 aromatic rings. The lowest BCUT2D eigenvalue weighted by molar-refractivity contribution is -0.127. The van der Waals surface area contributed by atoms with E-state index in [4.69, 9.17) is 0 Å². The number of rotatable bonds is 3. The number of carbonyl (C=O) groups excluding carboxylic acids is 1. The molecule has 5 nitrogen and oxygen atoms in total. The van der Waals surface area contributed by atoms with Crippen LogP contribution in [0.2, 0.25) is 0 Å². The summed E-state index contributed by atoms with van der Waals surface area (Å²) in [5.41, 5.74) is 0.902. The van der Waals surface area contributed by atoms with Crippen LogP contribution in [0.4, 0.5) is 0 Å². The number of nitrogens with zero attached hydrogens (tertiary/aromatic N) is 3. The van der Waals surface area contributed by atoms with E-state index >= 15 is 0 Å². The van der Waals surface area contributed by atoms with Gasteiger partial charge in [-0.1, -0.05) is 6.92 Å². The quantitative estimate of drug-likeness (QED) is 0.801. The average Bonchev–Trinajstić information content (AvgIpc) is 2.92. The van der Waals surface area contributed by atoms with Crippen LogP contribution in [0.5, 0.6) is 0 Å². The van der Waals surface area contributed by atoms with Crippen LogP contribution < -0.4 is 0 Å². The largest absolute Gasteiger partial charge is 0.394 e. The number of aliphatic hydroxyl groups is 1. The highest BCUT2D eigenvalue weighted by atomic mass is 16.3. The Morgan fingerprint density at radius 1 is 1.67 bits per heavy atom. The fourth-order valence-electron chi connectivity index (χ4n) is 2.35. The molecule has 2 rings (SSSR count).